The van der Waals surface area contributed by atoms with Gasteiger partial charge in [0, 0.05) is 45.3 Å². The molecule has 2 fully saturated rings. The number of hydrogen-bond donors (Lipinski definition) is 2. The highest BCUT2D eigenvalue weighted by molar-refractivity contribution is 7.89. The Kier molecular flexibility index (Phi) is 15.3. The van der Waals surface area contributed by atoms with Crippen LogP contribution >= 0.6 is 0 Å². The van der Waals surface area contributed by atoms with Crippen molar-refractivity contribution in [2.24, 2.45) is 0 Å². The number of hydrogen-bond acceptors (Lipinski definition) is 10. The van der Waals surface area contributed by atoms with E-state index in [1.54, 1.807) is 9.80 Å². The quantitative estimate of drug-likeness (QED) is 0.243. The van der Waals surface area contributed by atoms with E-state index < -0.39 is 56.4 Å². The molecule has 0 radical (unpaired) electrons. The van der Waals surface area contributed by atoms with Gasteiger partial charge >= 0.3 is 0 Å². The van der Waals surface area contributed by atoms with Gasteiger partial charge in [-0.1, -0.05) is 44.2 Å². The number of ether oxygens (including phenoxy) is 4. The van der Waals surface area contributed by atoms with Crippen LogP contribution in [0.4, 0.5) is 0 Å². The van der Waals surface area contributed by atoms with Crippen LogP contribution in [0.25, 0.3) is 0 Å². The van der Waals surface area contributed by atoms with Crippen LogP contribution in [0.5, 0.6) is 11.5 Å². The number of nitrogens with one attached hydrogen (secondary N) is 2. The van der Waals surface area contributed by atoms with Crippen molar-refractivity contribution in [3.05, 3.63) is 59.2 Å². The summed E-state index contributed by atoms with van der Waals surface area (Å²) in [5.41, 5.74) is 2.49. The molecule has 16 heteroatoms. The first-order valence-electron chi connectivity index (χ1n) is 18.5. The molecule has 2 aliphatic rings. The number of methoxy groups -OCH3 is 2. The Bertz CT molecular complexity index is 1810. The number of piperidine rings is 2. The third-order valence-electron chi connectivity index (χ3n) is 10.2. The summed E-state index contributed by atoms with van der Waals surface area (Å²) in [6.07, 6.45) is 2.82. The zero-order valence-corrected chi connectivity index (χ0v) is 34.4. The average Bonchev–Trinajstić information content (AvgIpc) is 3.10. The molecule has 302 valence electrons. The lowest BCUT2D eigenvalue weighted by Gasteiger charge is -2.45. The standard InChI is InChI=1S/C38H58N4O10S2/c1-9-33(37(43)41-19-13-15-29(31(41)23-49-5)39-53(7,45)46)52-36-21-27(18-17-26(36)4)28-20-30(40-54(8,47)48)32(24-50-6)42(22-28)38(44)34(10-2)51-35-16-12-11-14-25(35)3/h11-12,14,16-18,21,28-34,39-40H,9-10,13,15,19-20,22-24H2,1-8H3/t28?,29?,30?,31-,32-,33+,34-/m0/s1. The second kappa shape index (κ2) is 19.0. The lowest BCUT2D eigenvalue weighted by Crippen LogP contribution is -2.62. The van der Waals surface area contributed by atoms with Crippen molar-refractivity contribution in [3.8, 4) is 11.5 Å². The number of carbonyl (C=O) groups is 2. The van der Waals surface area contributed by atoms with Crippen LogP contribution < -0.4 is 18.9 Å². The summed E-state index contributed by atoms with van der Waals surface area (Å²) in [6.45, 7) is 8.48. The Morgan fingerprint density at radius 3 is 1.89 bits per heavy atom. The normalized spacial score (nSPS) is 23.4. The first-order chi connectivity index (χ1) is 25.5. The summed E-state index contributed by atoms with van der Waals surface area (Å²) in [5, 5.41) is 0. The minimum absolute atomic E-state index is 0.107. The molecule has 2 amide bonds. The predicted molar refractivity (Wildman–Crippen MR) is 207 cm³/mol. The molecule has 2 saturated heterocycles. The van der Waals surface area contributed by atoms with Gasteiger partial charge in [-0.15, -0.1) is 0 Å². The van der Waals surface area contributed by atoms with Crippen LogP contribution in [0.3, 0.4) is 0 Å². The van der Waals surface area contributed by atoms with Crippen LogP contribution in [0.15, 0.2) is 42.5 Å². The number of rotatable bonds is 17. The van der Waals surface area contributed by atoms with Gasteiger partial charge in [-0.25, -0.2) is 26.3 Å². The first kappa shape index (κ1) is 43.4. The van der Waals surface area contributed by atoms with E-state index in [1.165, 1.54) is 14.2 Å². The van der Waals surface area contributed by atoms with Crippen molar-refractivity contribution in [3.63, 3.8) is 0 Å². The molecular weight excluding hydrogens is 737 g/mol. The minimum atomic E-state index is -3.68. The van der Waals surface area contributed by atoms with Gasteiger partial charge in [-0.2, -0.15) is 0 Å². The van der Waals surface area contributed by atoms with Gasteiger partial charge in [0.1, 0.15) is 11.5 Å². The molecule has 0 aliphatic carbocycles. The molecule has 2 aliphatic heterocycles. The van der Waals surface area contributed by atoms with Crippen LogP contribution in [0.1, 0.15) is 68.6 Å². The van der Waals surface area contributed by atoms with Gasteiger partial charge in [0.15, 0.2) is 12.2 Å². The lowest BCUT2D eigenvalue weighted by atomic mass is 9.83. The number of carbonyl (C=O) groups excluding carboxylic acids is 2. The molecule has 7 atom stereocenters. The monoisotopic (exact) mass is 794 g/mol. The van der Waals surface area contributed by atoms with Gasteiger partial charge in [0.05, 0.1) is 37.8 Å². The fraction of sp³-hybridized carbons (Fsp3) is 0.632. The number of para-hydroxylation sites is 1. The van der Waals surface area contributed by atoms with E-state index in [9.17, 15) is 26.4 Å². The van der Waals surface area contributed by atoms with Crippen LogP contribution in [0, 0.1) is 13.8 Å². The van der Waals surface area contributed by atoms with Gasteiger partial charge in [-0.3, -0.25) is 9.59 Å². The molecule has 0 aromatic heterocycles. The number of benzene rings is 2. The minimum Gasteiger partial charge on any atom is -0.480 e. The molecular formula is C38H58N4O10S2. The molecule has 2 aromatic carbocycles. The molecule has 54 heavy (non-hydrogen) atoms. The van der Waals surface area contributed by atoms with Gasteiger partial charge < -0.3 is 28.7 Å². The Morgan fingerprint density at radius 1 is 0.778 bits per heavy atom. The van der Waals surface area contributed by atoms with E-state index in [0.717, 1.165) is 29.2 Å². The smallest absolute Gasteiger partial charge is 0.264 e. The maximum Gasteiger partial charge on any atom is 0.264 e. The molecule has 0 bridgehead atoms. The highest BCUT2D eigenvalue weighted by Gasteiger charge is 2.43. The van der Waals surface area contributed by atoms with Crippen LogP contribution in [-0.2, 0) is 39.1 Å². The maximum atomic E-state index is 14.4. The fourth-order valence-corrected chi connectivity index (χ4v) is 9.13. The van der Waals surface area contributed by atoms with Crippen molar-refractivity contribution in [1.82, 2.24) is 19.2 Å². The Balaban J connectivity index is 1.65. The second-order valence-corrected chi connectivity index (χ2v) is 18.0. The second-order valence-electron chi connectivity index (χ2n) is 14.5. The summed E-state index contributed by atoms with van der Waals surface area (Å²) in [5.74, 6) is 0.229. The predicted octanol–water partition coefficient (Wildman–Crippen LogP) is 3.12. The summed E-state index contributed by atoms with van der Waals surface area (Å²) in [6, 6.07) is 10.9. The summed E-state index contributed by atoms with van der Waals surface area (Å²) < 4.78 is 78.8. The molecule has 2 heterocycles. The lowest BCUT2D eigenvalue weighted by molar-refractivity contribution is -0.146. The zero-order chi connectivity index (χ0) is 39.8. The Hall–Kier alpha value is -3.28. The number of sulfonamides is 2. The van der Waals surface area contributed by atoms with Gasteiger partial charge in [0.2, 0.25) is 20.0 Å². The van der Waals surface area contributed by atoms with Crippen molar-refractivity contribution in [1.29, 1.82) is 0 Å². The number of nitrogens with zero attached hydrogens (tertiary/aromatic N) is 2. The molecule has 3 unspecified atom stereocenters. The molecule has 2 aromatic rings. The zero-order valence-electron chi connectivity index (χ0n) is 32.7. The Labute approximate surface area is 321 Å². The number of aryl methyl sites for hydroxylation is 2. The third kappa shape index (κ3) is 11.4. The molecule has 14 nitrogen and oxygen atoms in total. The van der Waals surface area contributed by atoms with E-state index in [1.807, 2.05) is 70.2 Å². The van der Waals surface area contributed by atoms with Gasteiger partial charge in [0.25, 0.3) is 11.8 Å². The number of amides is 2. The highest BCUT2D eigenvalue weighted by atomic mass is 32.2. The summed E-state index contributed by atoms with van der Waals surface area (Å²) in [4.78, 5) is 31.8. The van der Waals surface area contributed by atoms with Crippen molar-refractivity contribution in [2.45, 2.75) is 102 Å². The van der Waals surface area contributed by atoms with Gasteiger partial charge in [-0.05, 0) is 74.8 Å². The summed E-state index contributed by atoms with van der Waals surface area (Å²) in [7, 11) is -4.16. The van der Waals surface area contributed by atoms with E-state index in [-0.39, 0.29) is 37.5 Å². The van der Waals surface area contributed by atoms with E-state index in [2.05, 4.69) is 9.44 Å². The molecule has 4 rings (SSSR count). The van der Waals surface area contributed by atoms with E-state index >= 15 is 0 Å². The van der Waals surface area contributed by atoms with E-state index in [4.69, 9.17) is 18.9 Å². The first-order valence-corrected chi connectivity index (χ1v) is 22.3. The average molecular weight is 795 g/mol. The highest BCUT2D eigenvalue weighted by Crippen LogP contribution is 2.35. The SMILES string of the molecule is CC[C@H](Oc1ccccc1C)C(=O)N1CC(c2ccc(C)c(O[C@H](CC)C(=O)N3CCCC(NS(C)(=O)=O)[C@@H]3COC)c2)CC(NS(C)(=O)=O)[C@@H]1COC. The molecule has 2 N–H and O–H groups in total. The van der Waals surface area contributed by atoms with Crippen molar-refractivity contribution >= 4 is 31.9 Å². The third-order valence-corrected chi connectivity index (χ3v) is 11.6. The Morgan fingerprint density at radius 2 is 1.31 bits per heavy atom. The summed E-state index contributed by atoms with van der Waals surface area (Å²) >= 11 is 0. The molecule has 0 spiro atoms. The van der Waals surface area contributed by atoms with E-state index in [0.29, 0.717) is 50.1 Å². The molecule has 0 saturated carbocycles. The van der Waals surface area contributed by atoms with Crippen molar-refractivity contribution in [2.75, 3.05) is 53.0 Å². The fourth-order valence-electron chi connectivity index (χ4n) is 7.50. The maximum absolute atomic E-state index is 14.4. The largest absolute Gasteiger partial charge is 0.480 e. The number of likely N-dealkylation sites (tertiary alicyclic amines) is 2. The topological polar surface area (TPSA) is 170 Å². The van der Waals surface area contributed by atoms with Crippen LogP contribution in [0.2, 0.25) is 0 Å². The van der Waals surface area contributed by atoms with Crippen LogP contribution in [-0.4, -0.2) is 128 Å². The van der Waals surface area contributed by atoms with Crippen molar-refractivity contribution < 1.29 is 45.4 Å².